The molecule has 0 aromatic rings. The number of aliphatic hydroxyl groups is 1. The van der Waals surface area contributed by atoms with Crippen LogP contribution in [0, 0.1) is 0 Å². The number of hydrogen-bond acceptors (Lipinski definition) is 7. The van der Waals surface area contributed by atoms with Crippen LogP contribution in [0.2, 0.25) is 0 Å². The van der Waals surface area contributed by atoms with Crippen LogP contribution < -0.4 is 0 Å². The quantitative estimate of drug-likeness (QED) is 0.226. The number of amides is 3. The van der Waals surface area contributed by atoms with Gasteiger partial charge in [0.1, 0.15) is 11.2 Å². The third-order valence-corrected chi connectivity index (χ3v) is 3.87. The Kier molecular flexibility index (Phi) is 8.57. The highest BCUT2D eigenvalue weighted by Gasteiger charge is 2.60. The Morgan fingerprint density at radius 1 is 0.562 bits per heavy atom. The highest BCUT2D eigenvalue weighted by atomic mass is 19.4. The first kappa shape index (κ1) is 24.1. The normalized spacial score (nSPS) is 30.1. The van der Waals surface area contributed by atoms with Crippen molar-refractivity contribution in [3.63, 3.8) is 0 Å². The number of ether oxygens (including phenoxy) is 3. The molecule has 1 N–H and O–H groups in total. The number of piperidine rings is 1. The number of carbonyl (C=O) groups excluding carboxylic acids is 3. The molecule has 2 aliphatic rings. The fourth-order valence-electron chi connectivity index (χ4n) is 2.11. The summed E-state index contributed by atoms with van der Waals surface area (Å²) in [6.07, 6.45) is -45.9. The molecular weight excluding hydrogens is 694 g/mol. The van der Waals surface area contributed by atoms with Gasteiger partial charge in [-0.1, -0.05) is 0 Å². The van der Waals surface area contributed by atoms with E-state index in [9.17, 15) is 67.1 Å². The Hall–Kier alpha value is -3.07. The molecular formula is C26H39F12N3O7. The first-order valence-corrected chi connectivity index (χ1v) is 12.3. The van der Waals surface area contributed by atoms with Crippen LogP contribution in [-0.2, 0) is 14.2 Å². The van der Waals surface area contributed by atoms with Gasteiger partial charge in [-0.25, -0.2) is 14.4 Å². The summed E-state index contributed by atoms with van der Waals surface area (Å²) in [5, 5.41) is 7.47. The molecule has 0 aliphatic carbocycles. The second kappa shape index (κ2) is 17.0. The Bertz CT molecular complexity index is 1620. The fourth-order valence-corrected chi connectivity index (χ4v) is 2.11. The monoisotopic (exact) mass is 749 g/mol. The topological polar surface area (TPSA) is 109 Å². The molecule has 2 heterocycles. The molecule has 284 valence electrons. The molecule has 0 aromatic carbocycles. The van der Waals surface area contributed by atoms with Crippen LogP contribution >= 0.6 is 0 Å². The number of piperazine rings is 1. The van der Waals surface area contributed by atoms with Crippen LogP contribution in [0.25, 0.3) is 0 Å². The molecule has 10 nitrogen and oxygen atoms in total. The van der Waals surface area contributed by atoms with Crippen molar-refractivity contribution in [1.29, 1.82) is 0 Å². The van der Waals surface area contributed by atoms with E-state index in [1.807, 2.05) is 0 Å². The van der Waals surface area contributed by atoms with Crippen LogP contribution in [0.1, 0.15) is 82.6 Å². The molecule has 0 unspecified atom stereocenters. The predicted octanol–water partition coefficient (Wildman–Crippen LogP) is 7.05. The van der Waals surface area contributed by atoms with Crippen molar-refractivity contribution in [2.45, 2.75) is 109 Å². The lowest BCUT2D eigenvalue weighted by molar-refractivity contribution is -0.309. The molecule has 0 spiro atoms. The highest BCUT2D eigenvalue weighted by molar-refractivity contribution is 5.70. The van der Waals surface area contributed by atoms with Crippen molar-refractivity contribution in [3.8, 4) is 0 Å². The molecule has 2 saturated heterocycles. The van der Waals surface area contributed by atoms with E-state index in [0.29, 0.717) is 0 Å². The minimum Gasteiger partial charge on any atom is -0.444 e. The molecule has 2 rings (SSSR count). The van der Waals surface area contributed by atoms with E-state index in [1.165, 1.54) is 41.5 Å². The lowest BCUT2D eigenvalue weighted by Crippen LogP contribution is -2.54. The Balaban J connectivity index is 0.00000108. The van der Waals surface area contributed by atoms with Gasteiger partial charge < -0.3 is 34.0 Å². The number of carbonyl (C=O) groups is 3. The lowest BCUT2D eigenvalue weighted by atomic mass is 10.1. The predicted molar refractivity (Wildman–Crippen MR) is 142 cm³/mol. The number of aliphatic hydroxyl groups excluding tert-OH is 1. The van der Waals surface area contributed by atoms with Gasteiger partial charge >= 0.3 is 43.0 Å². The first-order valence-electron chi connectivity index (χ1n) is 20.3. The summed E-state index contributed by atoms with van der Waals surface area (Å²) in [6, 6.07) is 0. The summed E-state index contributed by atoms with van der Waals surface area (Å²) >= 11 is 0. The Morgan fingerprint density at radius 2 is 0.854 bits per heavy atom. The summed E-state index contributed by atoms with van der Waals surface area (Å²) in [6.45, 7) is -14.7. The molecule has 0 radical (unpaired) electrons. The summed E-state index contributed by atoms with van der Waals surface area (Å²) < 4.78 is 279. The van der Waals surface area contributed by atoms with E-state index in [-0.39, 0.29) is 4.90 Å². The summed E-state index contributed by atoms with van der Waals surface area (Å²) in [5.74, 6) is 0. The van der Waals surface area contributed by atoms with Gasteiger partial charge in [-0.3, -0.25) is 0 Å². The molecule has 3 amide bonds. The Morgan fingerprint density at radius 3 is 1.10 bits per heavy atom. The van der Waals surface area contributed by atoms with Gasteiger partial charge in [-0.05, 0) is 60.7 Å². The Labute approximate surface area is 290 Å². The molecule has 0 aromatic heterocycles. The minimum absolute atomic E-state index is 0.102. The maximum atomic E-state index is 12.7. The van der Waals surface area contributed by atoms with Crippen LogP contribution in [0.5, 0.6) is 0 Å². The maximum absolute atomic E-state index is 12.7. The fraction of sp³-hybridized carbons (Fsp3) is 0.885. The molecule has 0 saturated carbocycles. The molecule has 48 heavy (non-hydrogen) atoms. The summed E-state index contributed by atoms with van der Waals surface area (Å²) in [4.78, 5) is 34.6. The average Bonchev–Trinajstić information content (AvgIpc) is 2.93. The van der Waals surface area contributed by atoms with Crippen molar-refractivity contribution in [1.82, 2.24) is 14.7 Å². The molecule has 22 heteroatoms. The van der Waals surface area contributed by atoms with Crippen molar-refractivity contribution < 1.29 is 108 Å². The van der Waals surface area contributed by atoms with Crippen LogP contribution in [0.15, 0.2) is 0 Å². The second-order valence-corrected chi connectivity index (χ2v) is 10.5. The number of alkyl halides is 12. The number of hydrogen-bond donors (Lipinski definition) is 1. The van der Waals surface area contributed by atoms with Gasteiger partial charge in [-0.2, -0.15) is 52.7 Å². The molecule has 0 bridgehead atoms. The van der Waals surface area contributed by atoms with Crippen LogP contribution in [0.4, 0.5) is 67.1 Å². The molecule has 2 aliphatic heterocycles. The van der Waals surface area contributed by atoms with Gasteiger partial charge in [0.25, 0.3) is 6.10 Å². The van der Waals surface area contributed by atoms with Crippen molar-refractivity contribution in [3.05, 3.63) is 0 Å². The molecule has 2 fully saturated rings. The van der Waals surface area contributed by atoms with Crippen LogP contribution in [-0.4, -0.2) is 125 Å². The minimum atomic E-state index is -6.29. The lowest BCUT2D eigenvalue weighted by Gasteiger charge is -2.35. The zero-order valence-corrected chi connectivity index (χ0v) is 25.1. The highest BCUT2D eigenvalue weighted by Crippen LogP contribution is 2.36. The van der Waals surface area contributed by atoms with E-state index < -0.39 is 134 Å². The average molecular weight is 750 g/mol. The van der Waals surface area contributed by atoms with E-state index in [2.05, 4.69) is 4.74 Å². The zero-order valence-electron chi connectivity index (χ0n) is 41.1. The van der Waals surface area contributed by atoms with Gasteiger partial charge in [0.15, 0.2) is 0 Å². The van der Waals surface area contributed by atoms with E-state index in [0.717, 1.165) is 0 Å². The van der Waals surface area contributed by atoms with Crippen molar-refractivity contribution in [2.24, 2.45) is 0 Å². The smallest absolute Gasteiger partial charge is 0.434 e. The number of likely N-dealkylation sites (tertiary alicyclic amines) is 1. The van der Waals surface area contributed by atoms with E-state index >= 15 is 0 Å². The number of halogens is 12. The second-order valence-electron chi connectivity index (χ2n) is 10.5. The van der Waals surface area contributed by atoms with Gasteiger partial charge in [-0.15, -0.1) is 0 Å². The zero-order chi connectivity index (χ0) is 52.4. The standard InChI is InChI=1S/C13H18F6N2O4.C10H19NO2.C3H2F6O/c1-11(2,3)25-10(23)21-6-4-20(5-7-21)9(22)24-8(12(14,15)16)13(17,18)19;1-10(2,3)13-9(12)11-7-5-4-6-8-11;4-2(5,6)1(10)3(7,8)9/h8H,4-7H2,1-3H3;4-8H2,1-3H3;1,10H/i4D2,5D2,6D2,7D2;5D2,6D2,7D2,8D2;. The first-order chi connectivity index (χ1) is 27.2. The van der Waals surface area contributed by atoms with Gasteiger partial charge in [0.2, 0.25) is 6.10 Å². The van der Waals surface area contributed by atoms with Crippen LogP contribution in [0.3, 0.4) is 0 Å². The third-order valence-electron chi connectivity index (χ3n) is 3.87. The van der Waals surface area contributed by atoms with Gasteiger partial charge in [0, 0.05) is 49.9 Å². The molecule has 0 atom stereocenters. The number of nitrogens with zero attached hydrogens (tertiary/aromatic N) is 3. The third kappa shape index (κ3) is 17.9. The summed E-state index contributed by atoms with van der Waals surface area (Å²) in [7, 11) is 0. The SMILES string of the molecule is OC(C(F)(F)F)C(F)(F)F.[2H]C1([2H])CC([2H])([2H])C([2H])([2H])N(C(=O)OC(C)(C)C)C1([2H])[2H].[2H]C1([2H])N(C(=O)OC(C(F)(F)F)C(F)(F)F)C([2H])([2H])C([2H])([2H])N(C(=O)OC(C)(C)C)C1([2H])[2H]. The number of rotatable bonds is 1. The summed E-state index contributed by atoms with van der Waals surface area (Å²) in [5.41, 5.74) is -2.51. The van der Waals surface area contributed by atoms with E-state index in [4.69, 9.17) is 36.5 Å². The van der Waals surface area contributed by atoms with Crippen molar-refractivity contribution in [2.75, 3.05) is 39.0 Å². The largest absolute Gasteiger partial charge is 0.444 e. The van der Waals surface area contributed by atoms with E-state index in [1.54, 1.807) is 0 Å². The van der Waals surface area contributed by atoms with Crippen molar-refractivity contribution >= 4 is 18.3 Å². The maximum Gasteiger partial charge on any atom is 0.434 e. The van der Waals surface area contributed by atoms with Gasteiger partial charge in [0.05, 0.1) is 11.0 Å².